The van der Waals surface area contributed by atoms with Gasteiger partial charge in [-0.2, -0.15) is 5.10 Å². The van der Waals surface area contributed by atoms with Gasteiger partial charge in [-0.15, -0.1) is 10.2 Å². The monoisotopic (exact) mass is 488 g/mol. The lowest BCUT2D eigenvalue weighted by molar-refractivity contribution is -0.385. The second kappa shape index (κ2) is 11.1. The fourth-order valence-corrected chi connectivity index (χ4v) is 3.95. The number of benzene rings is 3. The van der Waals surface area contributed by atoms with E-state index in [0.717, 1.165) is 11.3 Å². The molecule has 0 spiro atoms. The average Bonchev–Trinajstić information content (AvgIpc) is 3.32. The molecule has 0 saturated carbocycles. The molecule has 0 aliphatic heterocycles. The lowest BCUT2D eigenvalue weighted by Gasteiger charge is -2.11. The van der Waals surface area contributed by atoms with E-state index in [0.29, 0.717) is 16.7 Å². The predicted octanol–water partition coefficient (Wildman–Crippen LogP) is 4.09. The van der Waals surface area contributed by atoms with E-state index >= 15 is 0 Å². The van der Waals surface area contributed by atoms with Crippen LogP contribution in [0.3, 0.4) is 0 Å². The van der Waals surface area contributed by atoms with Crippen molar-refractivity contribution < 1.29 is 14.5 Å². The molecule has 0 aliphatic carbocycles. The topological polar surface area (TPSA) is 125 Å². The number of thioether (sulfide) groups is 1. The first-order valence-corrected chi connectivity index (χ1v) is 11.4. The second-order valence-electron chi connectivity index (χ2n) is 7.10. The van der Waals surface area contributed by atoms with Crippen molar-refractivity contribution in [3.8, 4) is 22.8 Å². The fraction of sp³-hybridized carbons (Fsp3) is 0.0833. The zero-order valence-electron chi connectivity index (χ0n) is 18.6. The third-order valence-electron chi connectivity index (χ3n) is 4.85. The van der Waals surface area contributed by atoms with Gasteiger partial charge in [0, 0.05) is 17.3 Å². The van der Waals surface area contributed by atoms with Crippen LogP contribution in [-0.4, -0.2) is 44.7 Å². The molecule has 176 valence electrons. The van der Waals surface area contributed by atoms with Gasteiger partial charge in [0.25, 0.3) is 11.6 Å². The average molecular weight is 489 g/mol. The van der Waals surface area contributed by atoms with E-state index in [9.17, 15) is 14.9 Å². The van der Waals surface area contributed by atoms with Crippen LogP contribution in [0.25, 0.3) is 17.1 Å². The molecule has 4 aromatic rings. The zero-order valence-corrected chi connectivity index (χ0v) is 19.4. The van der Waals surface area contributed by atoms with Gasteiger partial charge in [0.05, 0.1) is 29.6 Å². The summed E-state index contributed by atoms with van der Waals surface area (Å²) in [7, 11) is 1.60. The van der Waals surface area contributed by atoms with E-state index in [2.05, 4.69) is 20.7 Å². The van der Waals surface area contributed by atoms with Crippen LogP contribution in [0, 0.1) is 10.1 Å². The molecule has 10 nitrogen and oxygen atoms in total. The number of ether oxygens (including phenoxy) is 1. The van der Waals surface area contributed by atoms with Gasteiger partial charge >= 0.3 is 0 Å². The van der Waals surface area contributed by atoms with Crippen LogP contribution >= 0.6 is 11.8 Å². The number of hydrogen-bond acceptors (Lipinski definition) is 8. The Morgan fingerprint density at radius 2 is 1.80 bits per heavy atom. The number of carbonyl (C=O) groups is 1. The Hall–Kier alpha value is -4.51. The standard InChI is InChI=1S/C24H20N6O4S/c1-34-20-13-11-19(12-14-20)29-23(17-7-3-2-4-8-17)27-28-24(29)35-16-22(31)26-25-15-18-9-5-6-10-21(18)30(32)33/h2-15H,16H2,1H3,(H,26,31). The molecule has 0 bridgehead atoms. The fourth-order valence-electron chi connectivity index (χ4n) is 3.20. The lowest BCUT2D eigenvalue weighted by atomic mass is 10.2. The third kappa shape index (κ3) is 5.71. The summed E-state index contributed by atoms with van der Waals surface area (Å²) < 4.78 is 7.12. The van der Waals surface area contributed by atoms with Gasteiger partial charge in [-0.3, -0.25) is 19.5 Å². The highest BCUT2D eigenvalue weighted by Crippen LogP contribution is 2.28. The number of rotatable bonds is 9. The minimum absolute atomic E-state index is 0.0112. The molecule has 0 saturated heterocycles. The second-order valence-corrected chi connectivity index (χ2v) is 8.05. The van der Waals surface area contributed by atoms with Crippen molar-refractivity contribution in [3.63, 3.8) is 0 Å². The summed E-state index contributed by atoms with van der Waals surface area (Å²) in [6, 6.07) is 23.2. The highest BCUT2D eigenvalue weighted by molar-refractivity contribution is 7.99. The zero-order chi connectivity index (χ0) is 24.6. The number of aromatic nitrogens is 3. The SMILES string of the molecule is COc1ccc(-n2c(SCC(=O)NN=Cc3ccccc3[N+](=O)[O-])nnc2-c2ccccc2)cc1. The van der Waals surface area contributed by atoms with Crippen molar-refractivity contribution in [1.82, 2.24) is 20.2 Å². The van der Waals surface area contributed by atoms with Crippen molar-refractivity contribution in [1.29, 1.82) is 0 Å². The Kier molecular flexibility index (Phi) is 7.48. The molecule has 1 aromatic heterocycles. The van der Waals surface area contributed by atoms with E-state index in [1.165, 1.54) is 24.0 Å². The summed E-state index contributed by atoms with van der Waals surface area (Å²) in [4.78, 5) is 23.0. The first-order chi connectivity index (χ1) is 17.1. The molecule has 0 unspecified atom stereocenters. The van der Waals surface area contributed by atoms with Crippen LogP contribution in [0.15, 0.2) is 89.1 Å². The minimum Gasteiger partial charge on any atom is -0.497 e. The Bertz CT molecular complexity index is 1360. The first-order valence-electron chi connectivity index (χ1n) is 10.4. The molecule has 0 fully saturated rings. The maximum absolute atomic E-state index is 12.4. The minimum atomic E-state index is -0.505. The molecule has 3 aromatic carbocycles. The summed E-state index contributed by atoms with van der Waals surface area (Å²) in [5.74, 6) is 0.966. The number of amides is 1. The molecular formula is C24H20N6O4S. The van der Waals surface area contributed by atoms with Crippen molar-refractivity contribution in [3.05, 3.63) is 94.5 Å². The van der Waals surface area contributed by atoms with E-state index in [4.69, 9.17) is 4.74 Å². The van der Waals surface area contributed by atoms with Crippen LogP contribution < -0.4 is 10.2 Å². The molecule has 1 heterocycles. The molecule has 35 heavy (non-hydrogen) atoms. The van der Waals surface area contributed by atoms with Gasteiger partial charge in [0.2, 0.25) is 0 Å². The van der Waals surface area contributed by atoms with E-state index in [1.54, 1.807) is 25.3 Å². The van der Waals surface area contributed by atoms with E-state index < -0.39 is 10.8 Å². The number of hydrogen-bond donors (Lipinski definition) is 1. The Morgan fingerprint density at radius 3 is 2.51 bits per heavy atom. The normalized spacial score (nSPS) is 10.9. The molecule has 1 N–H and O–H groups in total. The Labute approximate surface area is 204 Å². The summed E-state index contributed by atoms with van der Waals surface area (Å²) in [6.07, 6.45) is 1.24. The third-order valence-corrected chi connectivity index (χ3v) is 5.78. The maximum Gasteiger partial charge on any atom is 0.278 e. The highest BCUT2D eigenvalue weighted by Gasteiger charge is 2.17. The summed E-state index contributed by atoms with van der Waals surface area (Å²) >= 11 is 1.19. The van der Waals surface area contributed by atoms with Crippen molar-refractivity contribution in [2.24, 2.45) is 5.10 Å². The smallest absolute Gasteiger partial charge is 0.278 e. The van der Waals surface area contributed by atoms with Gasteiger partial charge in [0.15, 0.2) is 11.0 Å². The number of nitro benzene ring substituents is 1. The van der Waals surface area contributed by atoms with E-state index in [1.807, 2.05) is 59.2 Å². The lowest BCUT2D eigenvalue weighted by Crippen LogP contribution is -2.20. The van der Waals surface area contributed by atoms with Crippen molar-refractivity contribution >= 4 is 29.6 Å². The molecule has 0 atom stereocenters. The number of para-hydroxylation sites is 1. The van der Waals surface area contributed by atoms with Crippen LogP contribution in [-0.2, 0) is 4.79 Å². The quantitative estimate of drug-likeness (QED) is 0.163. The largest absolute Gasteiger partial charge is 0.497 e. The van der Waals surface area contributed by atoms with Crippen LogP contribution in [0.4, 0.5) is 5.69 Å². The molecule has 11 heteroatoms. The summed E-state index contributed by atoms with van der Waals surface area (Å²) in [6.45, 7) is 0. The van der Waals surface area contributed by atoms with Crippen LogP contribution in [0.2, 0.25) is 0 Å². The number of hydrazone groups is 1. The van der Waals surface area contributed by atoms with Crippen LogP contribution in [0.5, 0.6) is 5.75 Å². The molecule has 4 rings (SSSR count). The van der Waals surface area contributed by atoms with Crippen LogP contribution in [0.1, 0.15) is 5.56 Å². The number of nitro groups is 1. The maximum atomic E-state index is 12.4. The molecule has 0 radical (unpaired) electrons. The number of nitrogens with one attached hydrogen (secondary N) is 1. The van der Waals surface area contributed by atoms with Gasteiger partial charge in [-0.1, -0.05) is 54.2 Å². The number of methoxy groups -OCH3 is 1. The van der Waals surface area contributed by atoms with Gasteiger partial charge in [0.1, 0.15) is 5.75 Å². The molecular weight excluding hydrogens is 468 g/mol. The Morgan fingerprint density at radius 1 is 1.09 bits per heavy atom. The predicted molar refractivity (Wildman–Crippen MR) is 133 cm³/mol. The van der Waals surface area contributed by atoms with E-state index in [-0.39, 0.29) is 17.0 Å². The molecule has 0 aliphatic rings. The Balaban J connectivity index is 1.50. The van der Waals surface area contributed by atoms with Gasteiger partial charge in [-0.25, -0.2) is 5.43 Å². The molecule has 1 amide bonds. The number of nitrogens with zero attached hydrogens (tertiary/aromatic N) is 5. The van der Waals surface area contributed by atoms with Crippen molar-refractivity contribution in [2.45, 2.75) is 5.16 Å². The highest BCUT2D eigenvalue weighted by atomic mass is 32.2. The summed E-state index contributed by atoms with van der Waals surface area (Å²) in [5, 5.41) is 24.1. The number of carbonyl (C=O) groups excluding carboxylic acids is 1. The first kappa shape index (κ1) is 23.6. The van der Waals surface area contributed by atoms with Gasteiger partial charge in [-0.05, 0) is 30.3 Å². The van der Waals surface area contributed by atoms with Crippen molar-refractivity contribution in [2.75, 3.05) is 12.9 Å². The van der Waals surface area contributed by atoms with Gasteiger partial charge < -0.3 is 4.74 Å². The summed E-state index contributed by atoms with van der Waals surface area (Å²) in [5.41, 5.74) is 4.27.